The molecule has 0 bridgehead atoms. The van der Waals surface area contributed by atoms with Crippen molar-refractivity contribution in [2.24, 2.45) is 5.92 Å². The van der Waals surface area contributed by atoms with Gasteiger partial charge in [0.15, 0.2) is 0 Å². The summed E-state index contributed by atoms with van der Waals surface area (Å²) in [6.07, 6.45) is 4.43. The van der Waals surface area contributed by atoms with Crippen molar-refractivity contribution in [1.29, 1.82) is 0 Å². The molecule has 0 spiro atoms. The molecule has 2 aromatic rings. The molecular weight excluding hydrogens is 246 g/mol. The van der Waals surface area contributed by atoms with Gasteiger partial charge >= 0.3 is 0 Å². The van der Waals surface area contributed by atoms with Gasteiger partial charge in [-0.1, -0.05) is 12.6 Å². The first-order valence-electron chi connectivity index (χ1n) is 7.24. The smallest absolute Gasteiger partial charge is 0.130 e. The third-order valence-corrected chi connectivity index (χ3v) is 3.54. The molecular formula is C17H21N3. The van der Waals surface area contributed by atoms with Gasteiger partial charge in [-0.3, -0.25) is 0 Å². The monoisotopic (exact) mass is 267 g/mol. The van der Waals surface area contributed by atoms with Crippen molar-refractivity contribution in [2.45, 2.75) is 32.7 Å². The molecule has 1 aromatic heterocycles. The van der Waals surface area contributed by atoms with Gasteiger partial charge in [0, 0.05) is 29.0 Å². The fraction of sp³-hybridized carbons (Fsp3) is 0.353. The summed E-state index contributed by atoms with van der Waals surface area (Å²) in [5.74, 6) is 1.53. The predicted molar refractivity (Wildman–Crippen MR) is 86.0 cm³/mol. The number of nitrogens with one attached hydrogen (secondary N) is 2. The Bertz CT molecular complexity index is 642. The summed E-state index contributed by atoms with van der Waals surface area (Å²) in [5.41, 5.74) is 2.23. The van der Waals surface area contributed by atoms with Crippen molar-refractivity contribution < 1.29 is 0 Å². The highest BCUT2D eigenvalue weighted by Gasteiger charge is 2.24. The van der Waals surface area contributed by atoms with Crippen LogP contribution in [0.5, 0.6) is 0 Å². The Kier molecular flexibility index (Phi) is 3.35. The largest absolute Gasteiger partial charge is 0.383 e. The molecule has 0 aliphatic heterocycles. The van der Waals surface area contributed by atoms with Crippen LogP contribution in [0.15, 0.2) is 42.7 Å². The van der Waals surface area contributed by atoms with Gasteiger partial charge in [-0.2, -0.15) is 0 Å². The molecule has 3 rings (SSSR count). The number of hydrogen-bond donors (Lipinski definition) is 2. The minimum atomic E-state index is 0.434. The predicted octanol–water partition coefficient (Wildman–Crippen LogP) is 4.39. The first kappa shape index (κ1) is 13.0. The number of pyridine rings is 1. The number of nitrogens with zero attached hydrogens (tertiary/aromatic N) is 1. The minimum Gasteiger partial charge on any atom is -0.383 e. The standard InChI is InChI=1S/C17H21N3/c1-11(2)19-16-7-6-14-9-17(18-10-15(14)8-16)20-12(3)13-4-5-13/h6-11,13,19H,3-5H2,1-2H3,(H,18,20). The normalized spacial score (nSPS) is 14.6. The van der Waals surface area contributed by atoms with Gasteiger partial charge in [0.1, 0.15) is 5.82 Å². The number of hydrogen-bond acceptors (Lipinski definition) is 3. The lowest BCUT2D eigenvalue weighted by molar-refractivity contribution is 0.900. The molecule has 1 saturated carbocycles. The molecule has 1 fully saturated rings. The molecule has 0 unspecified atom stereocenters. The molecule has 0 amide bonds. The number of benzene rings is 1. The molecule has 1 heterocycles. The van der Waals surface area contributed by atoms with E-state index in [0.717, 1.165) is 22.6 Å². The van der Waals surface area contributed by atoms with Crippen LogP contribution in [-0.2, 0) is 0 Å². The Balaban J connectivity index is 1.82. The molecule has 1 aromatic carbocycles. The summed E-state index contributed by atoms with van der Waals surface area (Å²) in [4.78, 5) is 4.48. The number of anilines is 2. The van der Waals surface area contributed by atoms with E-state index in [4.69, 9.17) is 0 Å². The zero-order chi connectivity index (χ0) is 14.1. The van der Waals surface area contributed by atoms with Crippen LogP contribution in [0.2, 0.25) is 0 Å². The molecule has 104 valence electrons. The van der Waals surface area contributed by atoms with Gasteiger partial charge in [0.25, 0.3) is 0 Å². The maximum absolute atomic E-state index is 4.48. The second kappa shape index (κ2) is 5.16. The topological polar surface area (TPSA) is 37.0 Å². The van der Waals surface area contributed by atoms with Crippen LogP contribution in [0.1, 0.15) is 26.7 Å². The zero-order valence-electron chi connectivity index (χ0n) is 12.1. The summed E-state index contributed by atoms with van der Waals surface area (Å²) >= 11 is 0. The van der Waals surface area contributed by atoms with Gasteiger partial charge < -0.3 is 10.6 Å². The van der Waals surface area contributed by atoms with E-state index in [9.17, 15) is 0 Å². The fourth-order valence-electron chi connectivity index (χ4n) is 2.33. The van der Waals surface area contributed by atoms with Gasteiger partial charge in [-0.15, -0.1) is 0 Å². The fourth-order valence-corrected chi connectivity index (χ4v) is 2.33. The summed E-state index contributed by atoms with van der Waals surface area (Å²) in [6.45, 7) is 8.35. The van der Waals surface area contributed by atoms with Gasteiger partial charge in [-0.25, -0.2) is 4.98 Å². The Morgan fingerprint density at radius 2 is 2.05 bits per heavy atom. The summed E-state index contributed by atoms with van der Waals surface area (Å²) in [6, 6.07) is 8.90. The summed E-state index contributed by atoms with van der Waals surface area (Å²) in [7, 11) is 0. The third kappa shape index (κ3) is 2.93. The van der Waals surface area contributed by atoms with Crippen LogP contribution in [0, 0.1) is 5.92 Å². The number of allylic oxidation sites excluding steroid dienone is 1. The maximum Gasteiger partial charge on any atom is 0.130 e. The van der Waals surface area contributed by atoms with Crippen molar-refractivity contribution in [3.05, 3.63) is 42.7 Å². The number of rotatable bonds is 5. The highest BCUT2D eigenvalue weighted by Crippen LogP contribution is 2.35. The van der Waals surface area contributed by atoms with Crippen LogP contribution in [0.25, 0.3) is 10.8 Å². The van der Waals surface area contributed by atoms with E-state index in [2.05, 4.69) is 60.3 Å². The average molecular weight is 267 g/mol. The van der Waals surface area contributed by atoms with Gasteiger partial charge in [-0.05, 0) is 56.2 Å². The molecule has 1 aliphatic carbocycles. The second-order valence-electron chi connectivity index (χ2n) is 5.86. The lowest BCUT2D eigenvalue weighted by Crippen LogP contribution is -2.09. The Hall–Kier alpha value is -2.03. The van der Waals surface area contributed by atoms with Crippen LogP contribution in [0.3, 0.4) is 0 Å². The molecule has 0 saturated heterocycles. The molecule has 0 radical (unpaired) electrons. The van der Waals surface area contributed by atoms with E-state index in [0.29, 0.717) is 12.0 Å². The summed E-state index contributed by atoms with van der Waals surface area (Å²) in [5, 5.41) is 9.08. The highest BCUT2D eigenvalue weighted by molar-refractivity contribution is 5.87. The molecule has 20 heavy (non-hydrogen) atoms. The molecule has 0 atom stereocenters. The number of aromatic nitrogens is 1. The van der Waals surface area contributed by atoms with E-state index >= 15 is 0 Å². The maximum atomic E-state index is 4.48. The second-order valence-corrected chi connectivity index (χ2v) is 5.86. The van der Waals surface area contributed by atoms with Crippen LogP contribution < -0.4 is 10.6 Å². The van der Waals surface area contributed by atoms with Crippen molar-refractivity contribution in [3.8, 4) is 0 Å². The minimum absolute atomic E-state index is 0.434. The third-order valence-electron chi connectivity index (χ3n) is 3.54. The van der Waals surface area contributed by atoms with Crippen molar-refractivity contribution >= 4 is 22.3 Å². The van der Waals surface area contributed by atoms with Crippen LogP contribution in [0.4, 0.5) is 11.5 Å². The lowest BCUT2D eigenvalue weighted by atomic mass is 10.1. The van der Waals surface area contributed by atoms with Crippen molar-refractivity contribution in [2.75, 3.05) is 10.6 Å². The summed E-state index contributed by atoms with van der Waals surface area (Å²) < 4.78 is 0. The first-order valence-corrected chi connectivity index (χ1v) is 7.24. The van der Waals surface area contributed by atoms with E-state index in [-0.39, 0.29) is 0 Å². The first-order chi connectivity index (χ1) is 9.61. The highest BCUT2D eigenvalue weighted by atomic mass is 15.0. The SMILES string of the molecule is C=C(Nc1cc2ccc(NC(C)C)cc2cn1)C1CC1. The van der Waals surface area contributed by atoms with E-state index in [1.54, 1.807) is 0 Å². The van der Waals surface area contributed by atoms with Crippen molar-refractivity contribution in [1.82, 2.24) is 4.98 Å². The number of fused-ring (bicyclic) bond motifs is 1. The van der Waals surface area contributed by atoms with Gasteiger partial charge in [0.05, 0.1) is 0 Å². The Labute approximate surface area is 120 Å². The van der Waals surface area contributed by atoms with E-state index < -0.39 is 0 Å². The van der Waals surface area contributed by atoms with Gasteiger partial charge in [0.2, 0.25) is 0 Å². The molecule has 3 nitrogen and oxygen atoms in total. The zero-order valence-corrected chi connectivity index (χ0v) is 12.1. The van der Waals surface area contributed by atoms with Crippen LogP contribution in [-0.4, -0.2) is 11.0 Å². The molecule has 1 aliphatic rings. The van der Waals surface area contributed by atoms with E-state index in [1.807, 2.05) is 6.20 Å². The van der Waals surface area contributed by atoms with Crippen molar-refractivity contribution in [3.63, 3.8) is 0 Å². The lowest BCUT2D eigenvalue weighted by Gasteiger charge is -2.12. The Morgan fingerprint density at radius 1 is 1.25 bits per heavy atom. The molecule has 2 N–H and O–H groups in total. The molecule has 3 heteroatoms. The van der Waals surface area contributed by atoms with Crippen LogP contribution >= 0.6 is 0 Å². The Morgan fingerprint density at radius 3 is 2.75 bits per heavy atom. The van der Waals surface area contributed by atoms with E-state index in [1.165, 1.54) is 18.2 Å². The average Bonchev–Trinajstić information content (AvgIpc) is 3.22. The quantitative estimate of drug-likeness (QED) is 0.843.